The van der Waals surface area contributed by atoms with E-state index in [9.17, 15) is 4.79 Å². The Bertz CT molecular complexity index is 386. The van der Waals surface area contributed by atoms with Crippen LogP contribution in [0.25, 0.3) is 0 Å². The number of amides is 1. The molecule has 0 aromatic carbocycles. The molecule has 4 heteroatoms. The van der Waals surface area contributed by atoms with E-state index in [-0.39, 0.29) is 18.4 Å². The van der Waals surface area contributed by atoms with E-state index in [2.05, 4.69) is 4.98 Å². The molecule has 0 bridgehead atoms. The summed E-state index contributed by atoms with van der Waals surface area (Å²) in [6.07, 6.45) is 7.08. The number of carbonyl (C=O) groups is 1. The van der Waals surface area contributed by atoms with E-state index in [0.29, 0.717) is 5.92 Å². The molecular formula is C14H20N2O2. The lowest BCUT2D eigenvalue weighted by Gasteiger charge is -2.29. The van der Waals surface area contributed by atoms with Gasteiger partial charge in [0.2, 0.25) is 5.91 Å². The van der Waals surface area contributed by atoms with Gasteiger partial charge in [0, 0.05) is 25.8 Å². The third kappa shape index (κ3) is 2.88. The maximum atomic E-state index is 12.3. The zero-order valence-corrected chi connectivity index (χ0v) is 10.7. The van der Waals surface area contributed by atoms with Crippen molar-refractivity contribution in [1.82, 2.24) is 4.98 Å². The summed E-state index contributed by atoms with van der Waals surface area (Å²) in [5, 5.41) is 9.10. The molecule has 1 heterocycles. The predicted octanol–water partition coefficient (Wildman–Crippen LogP) is 1.84. The molecule has 1 amide bonds. The Morgan fingerprint density at radius 1 is 1.44 bits per heavy atom. The lowest BCUT2D eigenvalue weighted by molar-refractivity contribution is -0.123. The average molecular weight is 248 g/mol. The molecular weight excluding hydrogens is 228 g/mol. The largest absolute Gasteiger partial charge is 0.396 e. The quantitative estimate of drug-likeness (QED) is 0.888. The van der Waals surface area contributed by atoms with Crippen LogP contribution < -0.4 is 4.90 Å². The minimum absolute atomic E-state index is 0.0954. The number of nitrogens with zero attached hydrogens (tertiary/aromatic N) is 2. The monoisotopic (exact) mass is 248 g/mol. The normalized spacial score (nSPS) is 23.7. The highest BCUT2D eigenvalue weighted by atomic mass is 16.3. The standard InChI is InChI=1S/C14H20N2O2/c1-16(13-3-2-8-15-9-13)14(18)12-6-4-11(10-17)5-7-12/h2-3,8-9,11-12,17H,4-7,10H2,1H3. The maximum Gasteiger partial charge on any atom is 0.229 e. The fourth-order valence-corrected chi connectivity index (χ4v) is 2.55. The molecule has 18 heavy (non-hydrogen) atoms. The molecule has 0 unspecified atom stereocenters. The Balaban J connectivity index is 1.96. The number of aromatic nitrogens is 1. The van der Waals surface area contributed by atoms with Gasteiger partial charge in [-0.3, -0.25) is 9.78 Å². The van der Waals surface area contributed by atoms with Gasteiger partial charge in [0.1, 0.15) is 0 Å². The lowest BCUT2D eigenvalue weighted by Crippen LogP contribution is -2.35. The van der Waals surface area contributed by atoms with Gasteiger partial charge in [-0.25, -0.2) is 0 Å². The molecule has 1 fully saturated rings. The zero-order chi connectivity index (χ0) is 13.0. The lowest BCUT2D eigenvalue weighted by atomic mass is 9.82. The number of hydrogen-bond acceptors (Lipinski definition) is 3. The molecule has 0 spiro atoms. The van der Waals surface area contributed by atoms with Crippen LogP contribution >= 0.6 is 0 Å². The second-order valence-electron chi connectivity index (χ2n) is 5.01. The van der Waals surface area contributed by atoms with Gasteiger partial charge in [-0.15, -0.1) is 0 Å². The van der Waals surface area contributed by atoms with Gasteiger partial charge in [-0.2, -0.15) is 0 Å². The third-order valence-electron chi connectivity index (χ3n) is 3.82. The summed E-state index contributed by atoms with van der Waals surface area (Å²) in [6.45, 7) is 0.249. The highest BCUT2D eigenvalue weighted by Crippen LogP contribution is 2.30. The zero-order valence-electron chi connectivity index (χ0n) is 10.7. The molecule has 1 aliphatic rings. The highest BCUT2D eigenvalue weighted by molar-refractivity contribution is 5.94. The van der Waals surface area contributed by atoms with E-state index in [1.807, 2.05) is 12.1 Å². The minimum Gasteiger partial charge on any atom is -0.396 e. The molecule has 1 saturated carbocycles. The van der Waals surface area contributed by atoms with Crippen molar-refractivity contribution in [1.29, 1.82) is 0 Å². The van der Waals surface area contributed by atoms with E-state index < -0.39 is 0 Å². The first-order chi connectivity index (χ1) is 8.72. The Morgan fingerprint density at radius 3 is 2.72 bits per heavy atom. The second kappa shape index (κ2) is 5.96. The average Bonchev–Trinajstić information content (AvgIpc) is 2.47. The molecule has 0 atom stereocenters. The van der Waals surface area contributed by atoms with Crippen molar-refractivity contribution in [2.24, 2.45) is 11.8 Å². The molecule has 1 aliphatic carbocycles. The van der Waals surface area contributed by atoms with Gasteiger partial charge < -0.3 is 10.0 Å². The van der Waals surface area contributed by atoms with Gasteiger partial charge in [-0.1, -0.05) is 0 Å². The van der Waals surface area contributed by atoms with Crippen LogP contribution in [0.15, 0.2) is 24.5 Å². The number of carbonyl (C=O) groups excluding carboxylic acids is 1. The summed E-state index contributed by atoms with van der Waals surface area (Å²) in [5.74, 6) is 0.648. The van der Waals surface area contributed by atoms with E-state index >= 15 is 0 Å². The Morgan fingerprint density at radius 2 is 2.17 bits per heavy atom. The van der Waals surface area contributed by atoms with Crippen LogP contribution in [-0.2, 0) is 4.79 Å². The van der Waals surface area contributed by atoms with Gasteiger partial charge in [0.05, 0.1) is 11.9 Å². The van der Waals surface area contributed by atoms with Gasteiger partial charge in [-0.05, 0) is 43.7 Å². The van der Waals surface area contributed by atoms with Crippen LogP contribution in [0.3, 0.4) is 0 Å². The summed E-state index contributed by atoms with van der Waals surface area (Å²) in [5.41, 5.74) is 0.840. The van der Waals surface area contributed by atoms with Gasteiger partial charge in [0.15, 0.2) is 0 Å². The summed E-state index contributed by atoms with van der Waals surface area (Å²) in [4.78, 5) is 18.1. The van der Waals surface area contributed by atoms with Crippen molar-refractivity contribution in [2.45, 2.75) is 25.7 Å². The molecule has 0 saturated heterocycles. The Kier molecular flexibility index (Phi) is 4.31. The summed E-state index contributed by atoms with van der Waals surface area (Å²) in [6, 6.07) is 3.73. The fraction of sp³-hybridized carbons (Fsp3) is 0.571. The van der Waals surface area contributed by atoms with Gasteiger partial charge in [0.25, 0.3) is 0 Å². The van der Waals surface area contributed by atoms with Crippen LogP contribution in [0.2, 0.25) is 0 Å². The van der Waals surface area contributed by atoms with Crippen molar-refractivity contribution in [3.63, 3.8) is 0 Å². The highest BCUT2D eigenvalue weighted by Gasteiger charge is 2.28. The van der Waals surface area contributed by atoms with Crippen molar-refractivity contribution < 1.29 is 9.90 Å². The second-order valence-corrected chi connectivity index (χ2v) is 5.01. The van der Waals surface area contributed by atoms with Crippen LogP contribution in [0.4, 0.5) is 5.69 Å². The van der Waals surface area contributed by atoms with Crippen LogP contribution in [0.1, 0.15) is 25.7 Å². The number of pyridine rings is 1. The molecule has 2 rings (SSSR count). The predicted molar refractivity (Wildman–Crippen MR) is 70.2 cm³/mol. The molecule has 98 valence electrons. The smallest absolute Gasteiger partial charge is 0.229 e. The third-order valence-corrected chi connectivity index (χ3v) is 3.82. The van der Waals surface area contributed by atoms with Crippen LogP contribution in [0.5, 0.6) is 0 Å². The topological polar surface area (TPSA) is 53.4 Å². The fourth-order valence-electron chi connectivity index (χ4n) is 2.55. The van der Waals surface area contributed by atoms with E-state index in [4.69, 9.17) is 5.11 Å². The first-order valence-corrected chi connectivity index (χ1v) is 6.51. The number of hydrogen-bond donors (Lipinski definition) is 1. The number of aliphatic hydroxyl groups excluding tert-OH is 1. The molecule has 1 aromatic rings. The molecule has 0 radical (unpaired) electrons. The Labute approximate surface area is 108 Å². The van der Waals surface area contributed by atoms with Crippen molar-refractivity contribution in [2.75, 3.05) is 18.6 Å². The van der Waals surface area contributed by atoms with Crippen molar-refractivity contribution in [3.8, 4) is 0 Å². The van der Waals surface area contributed by atoms with Crippen LogP contribution in [-0.4, -0.2) is 29.7 Å². The summed E-state index contributed by atoms with van der Waals surface area (Å²) >= 11 is 0. The molecule has 1 N–H and O–H groups in total. The summed E-state index contributed by atoms with van der Waals surface area (Å²) in [7, 11) is 1.80. The SMILES string of the molecule is CN(C(=O)C1CCC(CO)CC1)c1cccnc1. The van der Waals surface area contributed by atoms with Crippen molar-refractivity contribution >= 4 is 11.6 Å². The van der Waals surface area contributed by atoms with E-state index in [1.54, 1.807) is 24.3 Å². The maximum absolute atomic E-state index is 12.3. The first-order valence-electron chi connectivity index (χ1n) is 6.51. The molecule has 4 nitrogen and oxygen atoms in total. The number of aliphatic hydroxyl groups is 1. The van der Waals surface area contributed by atoms with Crippen molar-refractivity contribution in [3.05, 3.63) is 24.5 Å². The first kappa shape index (κ1) is 13.0. The number of anilines is 1. The van der Waals surface area contributed by atoms with E-state index in [1.165, 1.54) is 0 Å². The van der Waals surface area contributed by atoms with E-state index in [0.717, 1.165) is 31.4 Å². The molecule has 0 aliphatic heterocycles. The molecule has 1 aromatic heterocycles. The number of rotatable bonds is 3. The minimum atomic E-state index is 0.0954. The van der Waals surface area contributed by atoms with Gasteiger partial charge >= 0.3 is 0 Å². The van der Waals surface area contributed by atoms with Crippen LogP contribution in [0, 0.1) is 11.8 Å². The summed E-state index contributed by atoms with van der Waals surface area (Å²) < 4.78 is 0. The Hall–Kier alpha value is -1.42.